The van der Waals surface area contributed by atoms with Gasteiger partial charge in [0.2, 0.25) is 0 Å². The lowest BCUT2D eigenvalue weighted by atomic mass is 9.58. The molecule has 5 aliphatic rings. The average molecular weight is 479 g/mol. The van der Waals surface area contributed by atoms with Crippen LogP contribution >= 0.6 is 23.5 Å². The second kappa shape index (κ2) is 8.81. The van der Waals surface area contributed by atoms with Crippen LogP contribution in [-0.4, -0.2) is 5.75 Å². The van der Waals surface area contributed by atoms with Crippen LogP contribution in [0.1, 0.15) is 30.4 Å². The number of hydrogen-bond acceptors (Lipinski definition) is 2. The number of fused-ring (bicyclic) bond motifs is 6. The SMILES string of the molecule is C1=CC2C3=C4SC=C(CCc5ccccc5)C4CC=C3C2C2=C1C(CCc1ccccc1)CS2. The van der Waals surface area contributed by atoms with Crippen molar-refractivity contribution in [3.63, 3.8) is 0 Å². The van der Waals surface area contributed by atoms with E-state index in [4.69, 9.17) is 0 Å². The predicted octanol–water partition coefficient (Wildman–Crippen LogP) is 8.52. The maximum absolute atomic E-state index is 2.62. The van der Waals surface area contributed by atoms with Crippen molar-refractivity contribution in [1.82, 2.24) is 0 Å². The third kappa shape index (κ3) is 3.53. The van der Waals surface area contributed by atoms with Gasteiger partial charge in [0.25, 0.3) is 0 Å². The lowest BCUT2D eigenvalue weighted by Gasteiger charge is -2.48. The van der Waals surface area contributed by atoms with Gasteiger partial charge in [0.15, 0.2) is 0 Å². The van der Waals surface area contributed by atoms with Crippen molar-refractivity contribution in [2.75, 3.05) is 5.75 Å². The molecule has 0 amide bonds. The Labute approximate surface area is 212 Å². The molecule has 0 radical (unpaired) electrons. The molecular formula is C32H30S2. The molecular weight excluding hydrogens is 448 g/mol. The van der Waals surface area contributed by atoms with E-state index >= 15 is 0 Å². The minimum Gasteiger partial charge on any atom is -0.129 e. The lowest BCUT2D eigenvalue weighted by molar-refractivity contribution is 0.475. The Hall–Kier alpha value is -2.16. The molecule has 170 valence electrons. The summed E-state index contributed by atoms with van der Waals surface area (Å²) in [6.45, 7) is 0. The average Bonchev–Trinajstić information content (AvgIpc) is 3.47. The highest BCUT2D eigenvalue weighted by Gasteiger charge is 2.50. The quantitative estimate of drug-likeness (QED) is 0.408. The van der Waals surface area contributed by atoms with E-state index in [0.717, 1.165) is 12.3 Å². The van der Waals surface area contributed by atoms with Gasteiger partial charge in [-0.15, -0.1) is 23.5 Å². The van der Waals surface area contributed by atoms with Crippen LogP contribution in [0.25, 0.3) is 0 Å². The van der Waals surface area contributed by atoms with Crippen molar-refractivity contribution < 1.29 is 0 Å². The summed E-state index contributed by atoms with van der Waals surface area (Å²) in [6.07, 6.45) is 13.7. The molecule has 0 nitrogen and oxygen atoms in total. The van der Waals surface area contributed by atoms with Crippen molar-refractivity contribution in [2.45, 2.75) is 32.1 Å². The molecule has 3 aliphatic carbocycles. The summed E-state index contributed by atoms with van der Waals surface area (Å²) in [4.78, 5) is 3.39. The van der Waals surface area contributed by atoms with Gasteiger partial charge in [-0.3, -0.25) is 0 Å². The van der Waals surface area contributed by atoms with Crippen molar-refractivity contribution in [2.24, 2.45) is 23.7 Å². The van der Waals surface area contributed by atoms with E-state index in [1.165, 1.54) is 42.6 Å². The van der Waals surface area contributed by atoms with E-state index in [1.54, 1.807) is 32.1 Å². The van der Waals surface area contributed by atoms with Crippen LogP contribution in [0.15, 0.2) is 116 Å². The fourth-order valence-corrected chi connectivity index (χ4v) is 9.49. The Bertz CT molecular complexity index is 1260. The summed E-state index contributed by atoms with van der Waals surface area (Å²) in [7, 11) is 0. The number of allylic oxidation sites excluding steroid dienone is 9. The largest absolute Gasteiger partial charge is 0.129 e. The molecule has 0 spiro atoms. The molecule has 1 saturated carbocycles. The zero-order valence-corrected chi connectivity index (χ0v) is 21.1. The maximum Gasteiger partial charge on any atom is 0.0256 e. The van der Waals surface area contributed by atoms with Gasteiger partial charge >= 0.3 is 0 Å². The highest BCUT2D eigenvalue weighted by atomic mass is 32.2. The Morgan fingerprint density at radius 1 is 0.824 bits per heavy atom. The fraction of sp³-hybridized carbons (Fsp3) is 0.312. The molecule has 2 heterocycles. The van der Waals surface area contributed by atoms with Gasteiger partial charge in [0, 0.05) is 28.4 Å². The minimum absolute atomic E-state index is 0.623. The van der Waals surface area contributed by atoms with Crippen molar-refractivity contribution >= 4 is 23.5 Å². The van der Waals surface area contributed by atoms with E-state index in [-0.39, 0.29) is 0 Å². The molecule has 34 heavy (non-hydrogen) atoms. The van der Waals surface area contributed by atoms with E-state index in [1.807, 2.05) is 11.8 Å². The van der Waals surface area contributed by atoms with E-state index < -0.39 is 0 Å². The first-order valence-electron chi connectivity index (χ1n) is 12.8. The van der Waals surface area contributed by atoms with Crippen molar-refractivity contribution in [1.29, 1.82) is 0 Å². The summed E-state index contributed by atoms with van der Waals surface area (Å²) in [5.41, 5.74) is 9.62. The third-order valence-corrected chi connectivity index (χ3v) is 10.9. The topological polar surface area (TPSA) is 0 Å². The summed E-state index contributed by atoms with van der Waals surface area (Å²) in [5.74, 6) is 3.92. The summed E-state index contributed by atoms with van der Waals surface area (Å²) >= 11 is 4.20. The van der Waals surface area contributed by atoms with Crippen LogP contribution in [0.4, 0.5) is 0 Å². The number of rotatable bonds is 6. The number of benzene rings is 2. The monoisotopic (exact) mass is 478 g/mol. The zero-order chi connectivity index (χ0) is 22.5. The van der Waals surface area contributed by atoms with Gasteiger partial charge < -0.3 is 0 Å². The highest BCUT2D eigenvalue weighted by molar-refractivity contribution is 8.06. The van der Waals surface area contributed by atoms with Gasteiger partial charge in [-0.2, -0.15) is 0 Å². The normalized spacial score (nSPS) is 28.6. The Morgan fingerprint density at radius 3 is 2.38 bits per heavy atom. The highest BCUT2D eigenvalue weighted by Crippen LogP contribution is 2.64. The van der Waals surface area contributed by atoms with Crippen LogP contribution in [0.2, 0.25) is 0 Å². The van der Waals surface area contributed by atoms with E-state index in [9.17, 15) is 0 Å². The molecule has 2 heteroatoms. The van der Waals surface area contributed by atoms with Gasteiger partial charge in [-0.1, -0.05) is 84.5 Å². The van der Waals surface area contributed by atoms with Crippen LogP contribution in [-0.2, 0) is 12.8 Å². The Morgan fingerprint density at radius 2 is 1.59 bits per heavy atom. The maximum atomic E-state index is 2.62. The summed E-state index contributed by atoms with van der Waals surface area (Å²) in [6, 6.07) is 22.0. The van der Waals surface area contributed by atoms with Crippen molar-refractivity contribution in [3.8, 4) is 0 Å². The van der Waals surface area contributed by atoms with Gasteiger partial charge in [0.1, 0.15) is 0 Å². The van der Waals surface area contributed by atoms with Crippen LogP contribution < -0.4 is 0 Å². The molecule has 4 unspecified atom stereocenters. The van der Waals surface area contributed by atoms with Gasteiger partial charge in [-0.05, 0) is 76.2 Å². The summed E-state index contributed by atoms with van der Waals surface area (Å²) in [5, 5.41) is 2.49. The van der Waals surface area contributed by atoms with Gasteiger partial charge in [0.05, 0.1) is 0 Å². The molecule has 4 atom stereocenters. The Kier molecular flexibility index (Phi) is 5.48. The van der Waals surface area contributed by atoms with E-state index in [0.29, 0.717) is 17.8 Å². The zero-order valence-electron chi connectivity index (χ0n) is 19.5. The minimum atomic E-state index is 0.623. The standard InChI is InChI=1S/C32H30S2/c1-3-7-21(8-4-1)11-13-23-19-33-31-25(23)15-17-27-29(31)28-18-16-26-24(20-34-32(26)30(27)28)14-12-22-9-5-2-6-10-22/h1-10,15,17-18,20,23,26-27,29H,11-14,16,19H2. The molecule has 0 saturated heterocycles. The molecule has 0 bridgehead atoms. The number of hydrogen-bond donors (Lipinski definition) is 0. The number of aryl methyl sites for hydroxylation is 2. The summed E-state index contributed by atoms with van der Waals surface area (Å²) < 4.78 is 0. The fourth-order valence-electron chi connectivity index (χ4n) is 6.56. The molecule has 0 N–H and O–H groups in total. The number of thioether (sulfide) groups is 2. The molecule has 2 aromatic carbocycles. The molecule has 2 aromatic rings. The van der Waals surface area contributed by atoms with Crippen LogP contribution in [0.3, 0.4) is 0 Å². The third-order valence-electron chi connectivity index (χ3n) is 8.38. The lowest BCUT2D eigenvalue weighted by Crippen LogP contribution is -2.37. The molecule has 0 aromatic heterocycles. The molecule has 7 rings (SSSR count). The molecule has 2 aliphatic heterocycles. The Balaban J connectivity index is 1.06. The smallest absolute Gasteiger partial charge is 0.0256 e. The first-order valence-corrected chi connectivity index (χ1v) is 14.7. The molecule has 1 fully saturated rings. The van der Waals surface area contributed by atoms with Crippen molar-refractivity contribution in [3.05, 3.63) is 128 Å². The van der Waals surface area contributed by atoms with Crippen LogP contribution in [0, 0.1) is 23.7 Å². The first kappa shape index (κ1) is 21.1. The second-order valence-electron chi connectivity index (χ2n) is 10.2. The second-order valence-corrected chi connectivity index (χ2v) is 12.2. The van der Waals surface area contributed by atoms with E-state index in [2.05, 4.69) is 96.1 Å². The predicted molar refractivity (Wildman–Crippen MR) is 148 cm³/mol. The van der Waals surface area contributed by atoms with Gasteiger partial charge in [-0.25, -0.2) is 0 Å². The first-order chi connectivity index (χ1) is 16.9. The van der Waals surface area contributed by atoms with Crippen LogP contribution in [0.5, 0.6) is 0 Å².